The molecule has 1 saturated heterocycles. The molecule has 0 radical (unpaired) electrons. The molecule has 1 aliphatic heterocycles. The molecule has 0 spiro atoms. The normalized spacial score (nSPS) is 16.0. The number of sulfonamides is 1. The molecule has 136 valence electrons. The molecule has 0 N–H and O–H groups in total. The highest BCUT2D eigenvalue weighted by Crippen LogP contribution is 2.18. The molecule has 0 atom stereocenters. The average molecular weight is 371 g/mol. The van der Waals surface area contributed by atoms with E-state index in [1.54, 1.807) is 18.2 Å². The molecule has 0 aromatic heterocycles. The number of benzene rings is 2. The van der Waals surface area contributed by atoms with Gasteiger partial charge in [-0.2, -0.15) is 4.31 Å². The molecule has 1 aliphatic rings. The van der Waals surface area contributed by atoms with E-state index >= 15 is 0 Å². The van der Waals surface area contributed by atoms with Crippen molar-refractivity contribution in [2.75, 3.05) is 26.3 Å². The molecule has 2 aromatic rings. The number of aryl methyl sites for hydroxylation is 1. The summed E-state index contributed by atoms with van der Waals surface area (Å²) in [6, 6.07) is 13.9. The maximum Gasteiger partial charge on any atom is 0.243 e. The van der Waals surface area contributed by atoms with Gasteiger partial charge >= 0.3 is 0 Å². The third-order valence-corrected chi connectivity index (χ3v) is 6.16. The maximum atomic E-state index is 12.6. The van der Waals surface area contributed by atoms with E-state index in [1.807, 2.05) is 31.2 Å². The van der Waals surface area contributed by atoms with Crippen molar-refractivity contribution in [3.63, 3.8) is 0 Å². The van der Waals surface area contributed by atoms with Crippen LogP contribution in [0.25, 0.3) is 6.08 Å². The molecule has 2 aromatic carbocycles. The van der Waals surface area contributed by atoms with Crippen LogP contribution in [-0.2, 0) is 14.8 Å². The van der Waals surface area contributed by atoms with Gasteiger partial charge in [0.1, 0.15) is 0 Å². The van der Waals surface area contributed by atoms with Crippen LogP contribution < -0.4 is 0 Å². The highest BCUT2D eigenvalue weighted by molar-refractivity contribution is 7.89. The second-order valence-electron chi connectivity index (χ2n) is 6.15. The predicted octanol–water partition coefficient (Wildman–Crippen LogP) is 2.91. The Balaban J connectivity index is 1.72. The Labute approximate surface area is 154 Å². The minimum Gasteiger partial charge on any atom is -0.379 e. The Morgan fingerprint density at radius 1 is 1.00 bits per heavy atom. The lowest BCUT2D eigenvalue weighted by Crippen LogP contribution is -2.40. The van der Waals surface area contributed by atoms with Crippen LogP contribution in [0.5, 0.6) is 0 Å². The number of hydrogen-bond donors (Lipinski definition) is 0. The van der Waals surface area contributed by atoms with Crippen molar-refractivity contribution in [1.82, 2.24) is 4.31 Å². The summed E-state index contributed by atoms with van der Waals surface area (Å²) in [5.74, 6) is -0.166. The molecule has 26 heavy (non-hydrogen) atoms. The third kappa shape index (κ3) is 4.27. The van der Waals surface area contributed by atoms with Crippen LogP contribution in [0.2, 0.25) is 0 Å². The van der Waals surface area contributed by atoms with Gasteiger partial charge in [0.15, 0.2) is 5.78 Å². The fourth-order valence-corrected chi connectivity index (χ4v) is 4.08. The van der Waals surface area contributed by atoms with Gasteiger partial charge in [-0.25, -0.2) is 8.42 Å². The van der Waals surface area contributed by atoms with E-state index in [4.69, 9.17) is 4.74 Å². The van der Waals surface area contributed by atoms with Crippen LogP contribution in [0.15, 0.2) is 59.5 Å². The van der Waals surface area contributed by atoms with Crippen LogP contribution in [0.3, 0.4) is 0 Å². The van der Waals surface area contributed by atoms with Gasteiger partial charge in [0.2, 0.25) is 10.0 Å². The van der Waals surface area contributed by atoms with E-state index in [0.29, 0.717) is 31.9 Å². The number of allylic oxidation sites excluding steroid dienone is 1. The summed E-state index contributed by atoms with van der Waals surface area (Å²) < 4.78 is 31.8. The average Bonchev–Trinajstić information content (AvgIpc) is 2.68. The SMILES string of the molecule is Cc1ccc(/C=C/C(=O)c2ccc(S(=O)(=O)N3CCOCC3)cc2)cc1. The molecule has 0 amide bonds. The minimum atomic E-state index is -3.54. The predicted molar refractivity (Wildman–Crippen MR) is 101 cm³/mol. The first-order valence-corrected chi connectivity index (χ1v) is 9.88. The molecule has 0 bridgehead atoms. The van der Waals surface area contributed by atoms with E-state index in [9.17, 15) is 13.2 Å². The van der Waals surface area contributed by atoms with Crippen molar-refractivity contribution in [3.8, 4) is 0 Å². The van der Waals surface area contributed by atoms with Crippen molar-refractivity contribution >= 4 is 21.9 Å². The summed E-state index contributed by atoms with van der Waals surface area (Å²) in [6.07, 6.45) is 3.25. The summed E-state index contributed by atoms with van der Waals surface area (Å²) in [7, 11) is -3.54. The second kappa shape index (κ2) is 7.95. The van der Waals surface area contributed by atoms with E-state index in [-0.39, 0.29) is 10.7 Å². The first-order chi connectivity index (χ1) is 12.5. The topological polar surface area (TPSA) is 63.7 Å². The standard InChI is InChI=1S/C20H21NO4S/c1-16-2-4-17(5-3-16)6-11-20(22)18-7-9-19(10-8-18)26(23,24)21-12-14-25-15-13-21/h2-11H,12-15H2,1H3/b11-6+. The quantitative estimate of drug-likeness (QED) is 0.599. The molecule has 1 heterocycles. The molecule has 6 heteroatoms. The molecule has 0 saturated carbocycles. The van der Waals surface area contributed by atoms with Crippen LogP contribution in [-0.4, -0.2) is 44.8 Å². The third-order valence-electron chi connectivity index (χ3n) is 4.25. The summed E-state index contributed by atoms with van der Waals surface area (Å²) in [6.45, 7) is 3.51. The lowest BCUT2D eigenvalue weighted by Gasteiger charge is -2.26. The Bertz CT molecular complexity index is 894. The van der Waals surface area contributed by atoms with Gasteiger partial charge in [-0.05, 0) is 42.8 Å². The monoisotopic (exact) mass is 371 g/mol. The number of morpholine rings is 1. The summed E-state index contributed by atoms with van der Waals surface area (Å²) >= 11 is 0. The van der Waals surface area contributed by atoms with Gasteiger partial charge in [0.25, 0.3) is 0 Å². The largest absolute Gasteiger partial charge is 0.379 e. The van der Waals surface area contributed by atoms with E-state index < -0.39 is 10.0 Å². The molecule has 0 unspecified atom stereocenters. The first-order valence-electron chi connectivity index (χ1n) is 8.44. The van der Waals surface area contributed by atoms with Crippen LogP contribution >= 0.6 is 0 Å². The zero-order valence-corrected chi connectivity index (χ0v) is 15.4. The van der Waals surface area contributed by atoms with Crippen molar-refractivity contribution < 1.29 is 17.9 Å². The van der Waals surface area contributed by atoms with E-state index in [2.05, 4.69) is 0 Å². The molecular weight excluding hydrogens is 350 g/mol. The van der Waals surface area contributed by atoms with Crippen molar-refractivity contribution in [2.45, 2.75) is 11.8 Å². The van der Waals surface area contributed by atoms with Crippen molar-refractivity contribution in [2.24, 2.45) is 0 Å². The second-order valence-corrected chi connectivity index (χ2v) is 8.09. The number of nitrogens with zero attached hydrogens (tertiary/aromatic N) is 1. The highest BCUT2D eigenvalue weighted by atomic mass is 32.2. The Hall–Kier alpha value is -2.28. The van der Waals surface area contributed by atoms with Crippen LogP contribution in [0, 0.1) is 6.92 Å². The molecule has 5 nitrogen and oxygen atoms in total. The number of rotatable bonds is 5. The lowest BCUT2D eigenvalue weighted by atomic mass is 10.1. The number of carbonyl (C=O) groups excluding carboxylic acids is 1. The van der Waals surface area contributed by atoms with Gasteiger partial charge in [0.05, 0.1) is 18.1 Å². The van der Waals surface area contributed by atoms with E-state index in [1.165, 1.54) is 22.5 Å². The molecule has 1 fully saturated rings. The fraction of sp³-hybridized carbons (Fsp3) is 0.250. The van der Waals surface area contributed by atoms with Crippen LogP contribution in [0.1, 0.15) is 21.5 Å². The number of hydrogen-bond acceptors (Lipinski definition) is 4. The van der Waals surface area contributed by atoms with Crippen molar-refractivity contribution in [1.29, 1.82) is 0 Å². The smallest absolute Gasteiger partial charge is 0.243 e. The summed E-state index contributed by atoms with van der Waals surface area (Å²) in [5.41, 5.74) is 2.55. The molecule has 3 rings (SSSR count). The zero-order chi connectivity index (χ0) is 18.6. The van der Waals surface area contributed by atoms with E-state index in [0.717, 1.165) is 11.1 Å². The van der Waals surface area contributed by atoms with Gasteiger partial charge < -0.3 is 4.74 Å². The van der Waals surface area contributed by atoms with Crippen LogP contribution in [0.4, 0.5) is 0 Å². The number of ether oxygens (including phenoxy) is 1. The Morgan fingerprint density at radius 2 is 1.62 bits per heavy atom. The van der Waals surface area contributed by atoms with Gasteiger partial charge in [-0.3, -0.25) is 4.79 Å². The van der Waals surface area contributed by atoms with Gasteiger partial charge in [-0.1, -0.05) is 35.9 Å². The first kappa shape index (κ1) is 18.5. The Kier molecular flexibility index (Phi) is 5.66. The summed E-state index contributed by atoms with van der Waals surface area (Å²) in [5, 5.41) is 0. The molecule has 0 aliphatic carbocycles. The molecular formula is C20H21NO4S. The van der Waals surface area contributed by atoms with Gasteiger partial charge in [0, 0.05) is 18.7 Å². The zero-order valence-electron chi connectivity index (χ0n) is 14.6. The Morgan fingerprint density at radius 3 is 2.23 bits per heavy atom. The lowest BCUT2D eigenvalue weighted by molar-refractivity contribution is 0.0730. The highest BCUT2D eigenvalue weighted by Gasteiger charge is 2.26. The maximum absolute atomic E-state index is 12.6. The number of ketones is 1. The number of carbonyl (C=O) groups is 1. The van der Waals surface area contributed by atoms with Gasteiger partial charge in [-0.15, -0.1) is 0 Å². The summed E-state index contributed by atoms with van der Waals surface area (Å²) in [4.78, 5) is 12.5. The minimum absolute atomic E-state index is 0.166. The van der Waals surface area contributed by atoms with Crippen molar-refractivity contribution in [3.05, 3.63) is 71.3 Å². The fourth-order valence-electron chi connectivity index (χ4n) is 2.67.